The van der Waals surface area contributed by atoms with Crippen LogP contribution in [0.4, 0.5) is 5.82 Å². The van der Waals surface area contributed by atoms with E-state index in [-0.39, 0.29) is 5.91 Å². The smallest absolute Gasteiger partial charge is 0.252 e. The highest BCUT2D eigenvalue weighted by atomic mass is 35.5. The van der Waals surface area contributed by atoms with Gasteiger partial charge < -0.3 is 11.1 Å². The highest BCUT2D eigenvalue weighted by Gasteiger charge is 2.12. The fourth-order valence-electron chi connectivity index (χ4n) is 2.09. The van der Waals surface area contributed by atoms with E-state index >= 15 is 0 Å². The van der Waals surface area contributed by atoms with E-state index in [9.17, 15) is 4.79 Å². The van der Waals surface area contributed by atoms with Gasteiger partial charge in [0.25, 0.3) is 5.91 Å². The molecule has 0 saturated heterocycles. The summed E-state index contributed by atoms with van der Waals surface area (Å²) in [7, 11) is 0. The maximum absolute atomic E-state index is 12.4. The summed E-state index contributed by atoms with van der Waals surface area (Å²) in [6.45, 7) is 0.437. The number of carbonyl (C=O) groups is 1. The van der Waals surface area contributed by atoms with Gasteiger partial charge in [-0.3, -0.25) is 4.79 Å². The molecule has 2 aromatic heterocycles. The fraction of sp³-hybridized carbons (Fsp3) is 0.0667. The minimum Gasteiger partial charge on any atom is -0.384 e. The average molecular weight is 318 g/mol. The lowest BCUT2D eigenvalue weighted by molar-refractivity contribution is 0.0953. The second-order valence-electron chi connectivity index (χ2n) is 4.50. The Morgan fingerprint density at radius 2 is 2.10 bits per heavy atom. The quantitative estimate of drug-likeness (QED) is 0.777. The van der Waals surface area contributed by atoms with E-state index in [0.717, 1.165) is 10.3 Å². The molecule has 3 aromatic rings. The number of aromatic nitrogens is 1. The number of fused-ring (bicyclic) bond motifs is 1. The van der Waals surface area contributed by atoms with E-state index in [1.807, 2.05) is 36.4 Å². The molecule has 0 spiro atoms. The Morgan fingerprint density at radius 3 is 2.86 bits per heavy atom. The molecule has 4 nitrogen and oxygen atoms in total. The number of anilines is 1. The number of rotatable bonds is 3. The van der Waals surface area contributed by atoms with Crippen molar-refractivity contribution >= 4 is 45.6 Å². The van der Waals surface area contributed by atoms with Crippen LogP contribution in [0.2, 0.25) is 4.34 Å². The first-order chi connectivity index (χ1) is 10.1. The summed E-state index contributed by atoms with van der Waals surface area (Å²) in [4.78, 5) is 17.6. The molecule has 2 heterocycles. The van der Waals surface area contributed by atoms with E-state index in [0.29, 0.717) is 27.8 Å². The van der Waals surface area contributed by atoms with E-state index in [1.54, 1.807) is 6.07 Å². The average Bonchev–Trinajstić information content (AvgIpc) is 2.89. The summed E-state index contributed by atoms with van der Waals surface area (Å²) in [5.41, 5.74) is 7.01. The second kappa shape index (κ2) is 5.71. The van der Waals surface area contributed by atoms with E-state index in [4.69, 9.17) is 17.3 Å². The normalized spacial score (nSPS) is 10.7. The number of amides is 1. The molecule has 106 valence electrons. The first-order valence-electron chi connectivity index (χ1n) is 6.31. The molecule has 1 aromatic carbocycles. The van der Waals surface area contributed by atoms with Crippen molar-refractivity contribution in [3.05, 3.63) is 57.2 Å². The third-order valence-electron chi connectivity index (χ3n) is 3.03. The Hall–Kier alpha value is -2.11. The van der Waals surface area contributed by atoms with Crippen LogP contribution < -0.4 is 11.1 Å². The lowest BCUT2D eigenvalue weighted by Gasteiger charge is -2.08. The predicted molar refractivity (Wildman–Crippen MR) is 86.7 cm³/mol. The van der Waals surface area contributed by atoms with Crippen LogP contribution in [0, 0.1) is 0 Å². The van der Waals surface area contributed by atoms with Gasteiger partial charge in [0.1, 0.15) is 5.82 Å². The molecular formula is C15H12ClN3OS. The zero-order valence-electron chi connectivity index (χ0n) is 11.0. The molecule has 3 N–H and O–H groups in total. The van der Waals surface area contributed by atoms with E-state index < -0.39 is 0 Å². The Labute approximate surface area is 130 Å². The minimum absolute atomic E-state index is 0.176. The fourth-order valence-corrected chi connectivity index (χ4v) is 3.12. The van der Waals surface area contributed by atoms with Gasteiger partial charge in [-0.2, -0.15) is 0 Å². The van der Waals surface area contributed by atoms with Crippen LogP contribution in [0.5, 0.6) is 0 Å². The Balaban J connectivity index is 1.87. The topological polar surface area (TPSA) is 68.0 Å². The molecule has 0 aliphatic rings. The first kappa shape index (κ1) is 13.9. The molecule has 3 rings (SSSR count). The summed E-state index contributed by atoms with van der Waals surface area (Å²) < 4.78 is 0.706. The van der Waals surface area contributed by atoms with Gasteiger partial charge in [0.05, 0.1) is 22.0 Å². The van der Waals surface area contributed by atoms with Gasteiger partial charge >= 0.3 is 0 Å². The SMILES string of the molecule is Nc1cc(C(=O)NCc2ccc(Cl)s2)c2ccccc2n1. The largest absolute Gasteiger partial charge is 0.384 e. The first-order valence-corrected chi connectivity index (χ1v) is 7.50. The molecular weight excluding hydrogens is 306 g/mol. The summed E-state index contributed by atoms with van der Waals surface area (Å²) in [5.74, 6) is 0.155. The van der Waals surface area contributed by atoms with Crippen LogP contribution >= 0.6 is 22.9 Å². The molecule has 0 aliphatic carbocycles. The van der Waals surface area contributed by atoms with Gasteiger partial charge in [-0.1, -0.05) is 29.8 Å². The number of nitrogen functional groups attached to an aromatic ring is 1. The van der Waals surface area contributed by atoms with E-state index in [2.05, 4.69) is 10.3 Å². The van der Waals surface area contributed by atoms with Gasteiger partial charge in [-0.15, -0.1) is 11.3 Å². The molecule has 0 atom stereocenters. The second-order valence-corrected chi connectivity index (χ2v) is 6.30. The predicted octanol–water partition coefficient (Wildman–Crippen LogP) is 3.46. The number of hydrogen-bond acceptors (Lipinski definition) is 4. The van der Waals surface area contributed by atoms with Gasteiger partial charge in [0, 0.05) is 10.3 Å². The summed E-state index contributed by atoms with van der Waals surface area (Å²) in [5, 5.41) is 3.66. The maximum atomic E-state index is 12.4. The van der Waals surface area contributed by atoms with Crippen LogP contribution in [-0.2, 0) is 6.54 Å². The van der Waals surface area contributed by atoms with Gasteiger partial charge in [-0.25, -0.2) is 4.98 Å². The van der Waals surface area contributed by atoms with Crippen molar-refractivity contribution in [3.63, 3.8) is 0 Å². The van der Waals surface area contributed by atoms with E-state index in [1.165, 1.54) is 11.3 Å². The van der Waals surface area contributed by atoms with Crippen molar-refractivity contribution in [1.29, 1.82) is 0 Å². The third-order valence-corrected chi connectivity index (χ3v) is 4.26. The van der Waals surface area contributed by atoms with Gasteiger partial charge in [0.15, 0.2) is 0 Å². The Bertz CT molecular complexity index is 816. The van der Waals surface area contributed by atoms with Crippen LogP contribution in [-0.4, -0.2) is 10.9 Å². The number of carbonyl (C=O) groups excluding carboxylic acids is 1. The minimum atomic E-state index is -0.176. The van der Waals surface area contributed by atoms with Crippen molar-refractivity contribution < 1.29 is 4.79 Å². The maximum Gasteiger partial charge on any atom is 0.252 e. The Kier molecular flexibility index (Phi) is 3.77. The zero-order chi connectivity index (χ0) is 14.8. The highest BCUT2D eigenvalue weighted by molar-refractivity contribution is 7.16. The summed E-state index contributed by atoms with van der Waals surface area (Å²) in [6.07, 6.45) is 0. The lowest BCUT2D eigenvalue weighted by Crippen LogP contribution is -2.22. The van der Waals surface area contributed by atoms with Gasteiger partial charge in [-0.05, 0) is 24.3 Å². The molecule has 0 radical (unpaired) electrons. The van der Waals surface area contributed by atoms with Crippen molar-refractivity contribution in [1.82, 2.24) is 10.3 Å². The summed E-state index contributed by atoms with van der Waals surface area (Å²) in [6, 6.07) is 12.7. The molecule has 1 amide bonds. The molecule has 0 unspecified atom stereocenters. The number of benzene rings is 1. The van der Waals surface area contributed by atoms with Crippen LogP contribution in [0.25, 0.3) is 10.9 Å². The number of para-hydroxylation sites is 1. The highest BCUT2D eigenvalue weighted by Crippen LogP contribution is 2.22. The molecule has 21 heavy (non-hydrogen) atoms. The third kappa shape index (κ3) is 2.99. The lowest BCUT2D eigenvalue weighted by atomic mass is 10.1. The number of thiophene rings is 1. The molecule has 0 saturated carbocycles. The monoisotopic (exact) mass is 317 g/mol. The number of nitrogens with two attached hydrogens (primary N) is 1. The summed E-state index contributed by atoms with van der Waals surface area (Å²) >= 11 is 7.32. The number of nitrogens with one attached hydrogen (secondary N) is 1. The van der Waals surface area contributed by atoms with Crippen LogP contribution in [0.15, 0.2) is 42.5 Å². The molecule has 0 bridgehead atoms. The van der Waals surface area contributed by atoms with Gasteiger partial charge in [0.2, 0.25) is 0 Å². The number of nitrogens with zero attached hydrogens (tertiary/aromatic N) is 1. The number of pyridine rings is 1. The number of hydrogen-bond donors (Lipinski definition) is 2. The van der Waals surface area contributed by atoms with Crippen LogP contribution in [0.3, 0.4) is 0 Å². The zero-order valence-corrected chi connectivity index (χ0v) is 12.5. The number of halogens is 1. The Morgan fingerprint density at radius 1 is 1.29 bits per heavy atom. The van der Waals surface area contributed by atoms with Crippen molar-refractivity contribution in [2.75, 3.05) is 5.73 Å². The molecule has 0 aliphatic heterocycles. The van der Waals surface area contributed by atoms with Crippen molar-refractivity contribution in [2.45, 2.75) is 6.54 Å². The standard InChI is InChI=1S/C15H12ClN3OS/c16-13-6-5-9(21-13)8-18-15(20)11-7-14(17)19-12-4-2-1-3-10(11)12/h1-7H,8H2,(H2,17,19)(H,18,20). The molecule has 6 heteroatoms. The van der Waals surface area contributed by atoms with Crippen molar-refractivity contribution in [3.8, 4) is 0 Å². The van der Waals surface area contributed by atoms with Crippen molar-refractivity contribution in [2.24, 2.45) is 0 Å². The molecule has 0 fully saturated rings. The van der Waals surface area contributed by atoms with Crippen LogP contribution in [0.1, 0.15) is 15.2 Å².